The Hall–Kier alpha value is -0.870. The van der Waals surface area contributed by atoms with E-state index in [-0.39, 0.29) is 29.4 Å². The number of rotatable bonds is 4. The molecule has 0 aromatic carbocycles. The molecule has 0 fully saturated rings. The van der Waals surface area contributed by atoms with Crippen LogP contribution in [-0.4, -0.2) is 22.7 Å². The highest BCUT2D eigenvalue weighted by Gasteiger charge is 2.13. The van der Waals surface area contributed by atoms with Gasteiger partial charge in [-0.3, -0.25) is 0 Å². The third kappa shape index (κ3) is 3.32. The maximum Gasteiger partial charge on any atom is 0.166 e. The number of halogens is 2. The van der Waals surface area contributed by atoms with Gasteiger partial charge < -0.3 is 10.4 Å². The molecule has 0 spiro atoms. The molecule has 1 aromatic rings. The van der Waals surface area contributed by atoms with Gasteiger partial charge in [0.15, 0.2) is 11.6 Å². The van der Waals surface area contributed by atoms with Crippen molar-refractivity contribution in [2.75, 3.05) is 11.9 Å². The lowest BCUT2D eigenvalue weighted by molar-refractivity contribution is 0.226. The molecule has 0 aliphatic rings. The van der Waals surface area contributed by atoms with E-state index in [1.54, 1.807) is 0 Å². The standard InChI is InChI=1S/C10H14ClFN2O/c1-6(5-15)7(2)14-10-9(12)3-8(11)4-13-10/h3-4,6-7,15H,5H2,1-2H3,(H,13,14). The summed E-state index contributed by atoms with van der Waals surface area (Å²) in [5, 5.41) is 12.1. The Morgan fingerprint density at radius 3 is 2.80 bits per heavy atom. The largest absolute Gasteiger partial charge is 0.396 e. The molecule has 0 amide bonds. The SMILES string of the molecule is CC(CO)C(C)Nc1ncc(Cl)cc1F. The van der Waals surface area contributed by atoms with Crippen molar-refractivity contribution in [1.29, 1.82) is 0 Å². The highest BCUT2D eigenvalue weighted by Crippen LogP contribution is 2.17. The average molecular weight is 233 g/mol. The lowest BCUT2D eigenvalue weighted by atomic mass is 10.1. The third-order valence-corrected chi connectivity index (χ3v) is 2.52. The molecule has 3 nitrogen and oxygen atoms in total. The Balaban J connectivity index is 2.72. The van der Waals surface area contributed by atoms with Crippen LogP contribution < -0.4 is 5.32 Å². The van der Waals surface area contributed by atoms with Gasteiger partial charge in [-0.1, -0.05) is 18.5 Å². The second kappa shape index (κ2) is 5.28. The van der Waals surface area contributed by atoms with Crippen molar-refractivity contribution in [1.82, 2.24) is 4.98 Å². The number of aliphatic hydroxyl groups excluding tert-OH is 1. The van der Waals surface area contributed by atoms with Gasteiger partial charge in [0.05, 0.1) is 5.02 Å². The number of hydrogen-bond donors (Lipinski definition) is 2. The van der Waals surface area contributed by atoms with Crippen LogP contribution in [0.1, 0.15) is 13.8 Å². The first kappa shape index (κ1) is 12.2. The minimum Gasteiger partial charge on any atom is -0.396 e. The first-order chi connectivity index (χ1) is 7.04. The van der Waals surface area contributed by atoms with E-state index in [9.17, 15) is 4.39 Å². The van der Waals surface area contributed by atoms with Crippen LogP contribution >= 0.6 is 11.6 Å². The second-order valence-electron chi connectivity index (χ2n) is 3.58. The van der Waals surface area contributed by atoms with Crippen molar-refractivity contribution >= 4 is 17.4 Å². The number of aliphatic hydroxyl groups is 1. The van der Waals surface area contributed by atoms with Crippen molar-refractivity contribution in [2.45, 2.75) is 19.9 Å². The topological polar surface area (TPSA) is 45.1 Å². The normalized spacial score (nSPS) is 14.7. The number of anilines is 1. The fourth-order valence-corrected chi connectivity index (χ4v) is 1.18. The summed E-state index contributed by atoms with van der Waals surface area (Å²) in [5.41, 5.74) is 0. The molecule has 0 bridgehead atoms. The van der Waals surface area contributed by atoms with Crippen LogP contribution in [0.3, 0.4) is 0 Å². The summed E-state index contributed by atoms with van der Waals surface area (Å²) in [4.78, 5) is 3.83. The van der Waals surface area contributed by atoms with Crippen LogP contribution in [0.4, 0.5) is 10.2 Å². The highest BCUT2D eigenvalue weighted by atomic mass is 35.5. The van der Waals surface area contributed by atoms with E-state index in [4.69, 9.17) is 16.7 Å². The van der Waals surface area contributed by atoms with Gasteiger partial charge in [0.1, 0.15) is 0 Å². The van der Waals surface area contributed by atoms with Crippen LogP contribution in [0.2, 0.25) is 5.02 Å². The van der Waals surface area contributed by atoms with Gasteiger partial charge >= 0.3 is 0 Å². The predicted octanol–water partition coefficient (Wildman–Crippen LogP) is 2.30. The Kier molecular flexibility index (Phi) is 4.29. The number of nitrogens with zero attached hydrogens (tertiary/aromatic N) is 1. The fraction of sp³-hybridized carbons (Fsp3) is 0.500. The second-order valence-corrected chi connectivity index (χ2v) is 4.01. The van der Waals surface area contributed by atoms with E-state index in [2.05, 4.69) is 10.3 Å². The lowest BCUT2D eigenvalue weighted by Crippen LogP contribution is -2.27. The molecular weight excluding hydrogens is 219 g/mol. The molecule has 0 aliphatic heterocycles. The summed E-state index contributed by atoms with van der Waals surface area (Å²) in [6.07, 6.45) is 1.38. The van der Waals surface area contributed by atoms with E-state index < -0.39 is 5.82 Å². The summed E-state index contributed by atoms with van der Waals surface area (Å²) in [5.74, 6) is -0.298. The summed E-state index contributed by atoms with van der Waals surface area (Å²) in [6, 6.07) is 1.14. The zero-order valence-electron chi connectivity index (χ0n) is 8.67. The van der Waals surface area contributed by atoms with Crippen LogP contribution in [-0.2, 0) is 0 Å². The minimum absolute atomic E-state index is 0.0295. The van der Waals surface area contributed by atoms with Gasteiger partial charge in [-0.25, -0.2) is 9.37 Å². The molecular formula is C10H14ClFN2O. The van der Waals surface area contributed by atoms with Gasteiger partial charge in [-0.15, -0.1) is 0 Å². The molecule has 0 radical (unpaired) electrons. The van der Waals surface area contributed by atoms with Crippen molar-refractivity contribution in [2.24, 2.45) is 5.92 Å². The number of aromatic nitrogens is 1. The van der Waals surface area contributed by atoms with Crippen LogP contribution in [0, 0.1) is 11.7 Å². The quantitative estimate of drug-likeness (QED) is 0.838. The molecule has 1 rings (SSSR count). The third-order valence-electron chi connectivity index (χ3n) is 2.31. The molecule has 0 saturated heterocycles. The summed E-state index contributed by atoms with van der Waals surface area (Å²) in [6.45, 7) is 3.77. The van der Waals surface area contributed by atoms with Gasteiger partial charge in [-0.05, 0) is 18.9 Å². The fourth-order valence-electron chi connectivity index (χ4n) is 1.04. The lowest BCUT2D eigenvalue weighted by Gasteiger charge is -2.19. The van der Waals surface area contributed by atoms with Crippen molar-refractivity contribution in [3.63, 3.8) is 0 Å². The molecule has 0 saturated carbocycles. The summed E-state index contributed by atoms with van der Waals surface area (Å²) < 4.78 is 13.3. The Labute approximate surface area is 93.3 Å². The number of pyridine rings is 1. The van der Waals surface area contributed by atoms with E-state index >= 15 is 0 Å². The van der Waals surface area contributed by atoms with Crippen molar-refractivity contribution in [3.05, 3.63) is 23.1 Å². The molecule has 2 atom stereocenters. The Morgan fingerprint density at radius 1 is 1.60 bits per heavy atom. The molecule has 0 aliphatic carbocycles. The van der Waals surface area contributed by atoms with E-state index in [0.29, 0.717) is 0 Å². The maximum atomic E-state index is 13.3. The average Bonchev–Trinajstić information content (AvgIpc) is 2.20. The van der Waals surface area contributed by atoms with E-state index in [1.807, 2.05) is 13.8 Å². The van der Waals surface area contributed by atoms with Gasteiger partial charge in [0.25, 0.3) is 0 Å². The summed E-state index contributed by atoms with van der Waals surface area (Å²) >= 11 is 5.57. The van der Waals surface area contributed by atoms with Crippen molar-refractivity contribution in [3.8, 4) is 0 Å². The molecule has 5 heteroatoms. The van der Waals surface area contributed by atoms with Gasteiger partial charge in [0, 0.05) is 18.8 Å². The van der Waals surface area contributed by atoms with E-state index in [1.165, 1.54) is 12.3 Å². The van der Waals surface area contributed by atoms with Gasteiger partial charge in [0.2, 0.25) is 0 Å². The van der Waals surface area contributed by atoms with E-state index in [0.717, 1.165) is 0 Å². The molecule has 2 N–H and O–H groups in total. The number of hydrogen-bond acceptors (Lipinski definition) is 3. The Morgan fingerprint density at radius 2 is 2.27 bits per heavy atom. The highest BCUT2D eigenvalue weighted by molar-refractivity contribution is 6.30. The van der Waals surface area contributed by atoms with Crippen molar-refractivity contribution < 1.29 is 9.50 Å². The van der Waals surface area contributed by atoms with Crippen LogP contribution in [0.5, 0.6) is 0 Å². The van der Waals surface area contributed by atoms with Crippen LogP contribution in [0.15, 0.2) is 12.3 Å². The minimum atomic E-state index is -0.487. The van der Waals surface area contributed by atoms with Crippen LogP contribution in [0.25, 0.3) is 0 Å². The number of nitrogens with one attached hydrogen (secondary N) is 1. The van der Waals surface area contributed by atoms with Gasteiger partial charge in [-0.2, -0.15) is 0 Å². The summed E-state index contributed by atoms with van der Waals surface area (Å²) in [7, 11) is 0. The molecule has 84 valence electrons. The zero-order valence-corrected chi connectivity index (χ0v) is 9.42. The molecule has 15 heavy (non-hydrogen) atoms. The maximum absolute atomic E-state index is 13.3. The Bertz CT molecular complexity index is 335. The predicted molar refractivity (Wildman–Crippen MR) is 58.5 cm³/mol. The monoisotopic (exact) mass is 232 g/mol. The first-order valence-electron chi connectivity index (χ1n) is 4.73. The molecule has 2 unspecified atom stereocenters. The molecule has 1 heterocycles. The smallest absolute Gasteiger partial charge is 0.166 e. The first-order valence-corrected chi connectivity index (χ1v) is 5.10. The molecule has 1 aromatic heterocycles. The zero-order chi connectivity index (χ0) is 11.4.